The lowest BCUT2D eigenvalue weighted by Crippen LogP contribution is -2.60. The number of aromatic hydroxyl groups is 1. The van der Waals surface area contributed by atoms with Crippen LogP contribution < -0.4 is 10.2 Å². The van der Waals surface area contributed by atoms with Gasteiger partial charge < -0.3 is 20.2 Å². The molecule has 2 N–H and O–H groups in total. The number of amides is 2. The molecule has 0 aliphatic carbocycles. The van der Waals surface area contributed by atoms with Crippen molar-refractivity contribution in [1.82, 2.24) is 20.1 Å². The maximum Gasteiger partial charge on any atom is 0.254 e. The average molecular weight is 649 g/mol. The second-order valence-corrected chi connectivity index (χ2v) is 12.4. The van der Waals surface area contributed by atoms with Crippen molar-refractivity contribution in [3.8, 4) is 5.75 Å². The summed E-state index contributed by atoms with van der Waals surface area (Å²) in [6, 6.07) is 10.5. The molecule has 4 heterocycles. The smallest absolute Gasteiger partial charge is 0.254 e. The van der Waals surface area contributed by atoms with E-state index in [1.54, 1.807) is 34.2 Å². The summed E-state index contributed by atoms with van der Waals surface area (Å²) in [4.78, 5) is 37.3. The number of fused-ring (bicyclic) bond motifs is 2. The van der Waals surface area contributed by atoms with Crippen molar-refractivity contribution in [2.75, 3.05) is 37.6 Å². The molecular weight excluding hydrogens is 611 g/mol. The third kappa shape index (κ3) is 6.40. The van der Waals surface area contributed by atoms with Crippen LogP contribution in [-0.4, -0.2) is 76.5 Å². The fourth-order valence-corrected chi connectivity index (χ4v) is 6.42. The van der Waals surface area contributed by atoms with Crippen LogP contribution >= 0.6 is 24.8 Å². The van der Waals surface area contributed by atoms with E-state index >= 15 is 0 Å². The first kappa shape index (κ1) is 33.6. The van der Waals surface area contributed by atoms with Crippen LogP contribution in [0.4, 0.5) is 14.5 Å². The van der Waals surface area contributed by atoms with Gasteiger partial charge in [-0.25, -0.2) is 8.78 Å². The summed E-state index contributed by atoms with van der Waals surface area (Å²) >= 11 is 0. The summed E-state index contributed by atoms with van der Waals surface area (Å²) in [6.07, 6.45) is 1.93. The number of benzene rings is 2. The molecule has 1 aromatic heterocycles. The number of rotatable bonds is 6. The van der Waals surface area contributed by atoms with Gasteiger partial charge in [0.25, 0.3) is 5.91 Å². The normalized spacial score (nSPS) is 20.5. The van der Waals surface area contributed by atoms with Crippen molar-refractivity contribution in [2.45, 2.75) is 51.2 Å². The molecule has 0 radical (unpaired) electrons. The van der Waals surface area contributed by atoms with Crippen LogP contribution in [0.2, 0.25) is 0 Å². The Bertz CT molecular complexity index is 1570. The van der Waals surface area contributed by atoms with Gasteiger partial charge in [-0.2, -0.15) is 0 Å². The van der Waals surface area contributed by atoms with Crippen LogP contribution in [0.3, 0.4) is 0 Å². The van der Waals surface area contributed by atoms with E-state index in [0.29, 0.717) is 55.1 Å². The summed E-state index contributed by atoms with van der Waals surface area (Å²) in [7, 11) is 0. The molecule has 236 valence electrons. The molecule has 0 spiro atoms. The van der Waals surface area contributed by atoms with Gasteiger partial charge in [0, 0.05) is 73.5 Å². The standard InChI is InChI=1S/C32H35F2N5O3.2ClH/c1-19-14-37(23(13-35-19)15-38-16-25-24(31(38)42)5-4-6-28(25)40)17-29(41)39-18-32(2,3)30-27(39)10-20(12-36-30)9-21-7-8-22(33)11-26(21)34;;/h4-8,10-12,19,23,35,40H,9,13-18H2,1-3H3;2*1H/t19-,23-;;/m1../s1. The van der Waals surface area contributed by atoms with Crippen LogP contribution in [0.1, 0.15) is 53.5 Å². The predicted octanol–water partition coefficient (Wildman–Crippen LogP) is 4.44. The Morgan fingerprint density at radius 1 is 1.16 bits per heavy atom. The second kappa shape index (κ2) is 13.0. The maximum atomic E-state index is 14.4. The number of halogens is 4. The molecule has 3 aliphatic heterocycles. The Labute approximate surface area is 268 Å². The van der Waals surface area contributed by atoms with E-state index in [0.717, 1.165) is 17.3 Å². The molecule has 1 saturated heterocycles. The number of carbonyl (C=O) groups excluding carboxylic acids is 2. The van der Waals surface area contributed by atoms with Gasteiger partial charge in [-0.1, -0.05) is 26.0 Å². The quantitative estimate of drug-likeness (QED) is 0.411. The summed E-state index contributed by atoms with van der Waals surface area (Å²) in [6.45, 7) is 8.84. The molecular formula is C32H37Cl2F2N5O3. The number of anilines is 1. The molecule has 0 saturated carbocycles. The predicted molar refractivity (Wildman–Crippen MR) is 169 cm³/mol. The molecule has 44 heavy (non-hydrogen) atoms. The molecule has 2 amide bonds. The Hall–Kier alpha value is -3.31. The van der Waals surface area contributed by atoms with Gasteiger partial charge in [0.05, 0.1) is 24.5 Å². The minimum atomic E-state index is -0.626. The highest BCUT2D eigenvalue weighted by atomic mass is 35.5. The van der Waals surface area contributed by atoms with Gasteiger partial charge >= 0.3 is 0 Å². The molecule has 8 nitrogen and oxygen atoms in total. The largest absolute Gasteiger partial charge is 0.508 e. The summed E-state index contributed by atoms with van der Waals surface area (Å²) in [5.41, 5.74) is 3.42. The first-order chi connectivity index (χ1) is 20.0. The summed E-state index contributed by atoms with van der Waals surface area (Å²) in [5, 5.41) is 13.7. The molecule has 2 aromatic carbocycles. The molecule has 3 aromatic rings. The van der Waals surface area contributed by atoms with Gasteiger partial charge in [0.2, 0.25) is 5.91 Å². The number of aromatic nitrogens is 1. The van der Waals surface area contributed by atoms with Gasteiger partial charge in [-0.3, -0.25) is 19.5 Å². The highest BCUT2D eigenvalue weighted by molar-refractivity contribution is 5.99. The fourth-order valence-electron chi connectivity index (χ4n) is 6.42. The monoisotopic (exact) mass is 647 g/mol. The van der Waals surface area contributed by atoms with E-state index in [1.807, 2.05) is 19.9 Å². The van der Waals surface area contributed by atoms with Crippen LogP contribution in [0.25, 0.3) is 0 Å². The van der Waals surface area contributed by atoms with Crippen molar-refractivity contribution < 1.29 is 23.5 Å². The second-order valence-electron chi connectivity index (χ2n) is 12.4. The van der Waals surface area contributed by atoms with Crippen LogP contribution in [-0.2, 0) is 23.2 Å². The van der Waals surface area contributed by atoms with Crippen molar-refractivity contribution in [1.29, 1.82) is 0 Å². The minimum absolute atomic E-state index is 0. The maximum absolute atomic E-state index is 14.4. The Balaban J connectivity index is 0.00000221. The first-order valence-corrected chi connectivity index (χ1v) is 14.3. The zero-order chi connectivity index (χ0) is 29.8. The number of hydrogen-bond donors (Lipinski definition) is 2. The number of phenolic OH excluding ortho intramolecular Hbond substituents is 1. The third-order valence-corrected chi connectivity index (χ3v) is 8.63. The summed E-state index contributed by atoms with van der Waals surface area (Å²) < 4.78 is 27.8. The molecule has 6 rings (SSSR count). The van der Waals surface area contributed by atoms with Crippen molar-refractivity contribution in [3.63, 3.8) is 0 Å². The molecule has 0 bridgehead atoms. The van der Waals surface area contributed by atoms with E-state index in [-0.39, 0.29) is 72.8 Å². The van der Waals surface area contributed by atoms with Crippen molar-refractivity contribution in [2.24, 2.45) is 0 Å². The molecule has 3 aliphatic rings. The number of hydrogen-bond acceptors (Lipinski definition) is 6. The third-order valence-electron chi connectivity index (χ3n) is 8.63. The minimum Gasteiger partial charge on any atom is -0.508 e. The number of phenols is 1. The Morgan fingerprint density at radius 2 is 1.93 bits per heavy atom. The lowest BCUT2D eigenvalue weighted by atomic mass is 9.91. The van der Waals surface area contributed by atoms with Crippen molar-refractivity contribution >= 4 is 42.3 Å². The van der Waals surface area contributed by atoms with Gasteiger partial charge in [0.15, 0.2) is 0 Å². The molecule has 12 heteroatoms. The topological polar surface area (TPSA) is 89.0 Å². The summed E-state index contributed by atoms with van der Waals surface area (Å²) in [5.74, 6) is -1.30. The zero-order valence-electron chi connectivity index (χ0n) is 24.8. The van der Waals surface area contributed by atoms with Crippen molar-refractivity contribution in [3.05, 3.63) is 88.2 Å². The highest BCUT2D eigenvalue weighted by Crippen LogP contribution is 2.40. The molecule has 2 atom stereocenters. The first-order valence-electron chi connectivity index (χ1n) is 14.3. The average Bonchev–Trinajstić information content (AvgIpc) is 3.40. The van der Waals surface area contributed by atoms with E-state index in [1.165, 1.54) is 12.1 Å². The van der Waals surface area contributed by atoms with Gasteiger partial charge in [-0.05, 0) is 42.3 Å². The Kier molecular flexibility index (Phi) is 9.90. The van der Waals surface area contributed by atoms with Gasteiger partial charge in [-0.15, -0.1) is 24.8 Å². The lowest BCUT2D eigenvalue weighted by Gasteiger charge is -2.41. The molecule has 1 fully saturated rings. The van der Waals surface area contributed by atoms with Crippen LogP contribution in [0, 0.1) is 11.6 Å². The number of piperazine rings is 1. The van der Waals surface area contributed by atoms with Gasteiger partial charge in [0.1, 0.15) is 17.4 Å². The SMILES string of the molecule is C[C@@H]1CN(CC(=O)N2CC(C)(C)c3ncc(Cc4ccc(F)cc4F)cc32)[C@@H](CN2Cc3c(O)cccc3C2=O)CN1.Cl.Cl. The Morgan fingerprint density at radius 3 is 2.66 bits per heavy atom. The number of nitrogens with zero attached hydrogens (tertiary/aromatic N) is 4. The number of pyridine rings is 1. The number of nitrogens with one attached hydrogen (secondary N) is 1. The lowest BCUT2D eigenvalue weighted by molar-refractivity contribution is -0.120. The highest BCUT2D eigenvalue weighted by Gasteiger charge is 2.41. The number of carbonyl (C=O) groups is 2. The zero-order valence-corrected chi connectivity index (χ0v) is 26.5. The van der Waals surface area contributed by atoms with Crippen LogP contribution in [0.15, 0.2) is 48.7 Å². The van der Waals surface area contributed by atoms with E-state index in [9.17, 15) is 23.5 Å². The van der Waals surface area contributed by atoms with E-state index in [4.69, 9.17) is 0 Å². The fraction of sp³-hybridized carbons (Fsp3) is 0.406. The van der Waals surface area contributed by atoms with E-state index < -0.39 is 11.6 Å². The van der Waals surface area contributed by atoms with E-state index in [2.05, 4.69) is 22.1 Å². The molecule has 0 unspecified atom stereocenters. The van der Waals surface area contributed by atoms with Crippen LogP contribution in [0.5, 0.6) is 5.75 Å².